The van der Waals surface area contributed by atoms with Gasteiger partial charge in [-0.05, 0) is 41.1 Å². The molecule has 1 aliphatic rings. The molecule has 1 aromatic heterocycles. The van der Waals surface area contributed by atoms with E-state index in [9.17, 15) is 0 Å². The molecule has 1 fully saturated rings. The van der Waals surface area contributed by atoms with Gasteiger partial charge in [0.15, 0.2) is 0 Å². The summed E-state index contributed by atoms with van der Waals surface area (Å²) in [7, 11) is 0. The summed E-state index contributed by atoms with van der Waals surface area (Å²) in [6.45, 7) is 2.17. The first kappa shape index (κ1) is 12.3. The Kier molecular flexibility index (Phi) is 4.58. The maximum absolute atomic E-state index is 4.35. The first-order chi connectivity index (χ1) is 7.79. The maximum Gasteiger partial charge on any atom is 0.225 e. The van der Waals surface area contributed by atoms with Crippen LogP contribution in [-0.2, 0) is 0 Å². The number of nitrogens with zero attached hydrogens (tertiary/aromatic N) is 3. The van der Waals surface area contributed by atoms with Crippen LogP contribution in [0.2, 0.25) is 0 Å². The second-order valence-corrected chi connectivity index (χ2v) is 5.84. The highest BCUT2D eigenvalue weighted by atomic mass is 79.9. The lowest BCUT2D eigenvalue weighted by Crippen LogP contribution is -2.36. The van der Waals surface area contributed by atoms with E-state index >= 15 is 0 Å². The van der Waals surface area contributed by atoms with E-state index in [2.05, 4.69) is 46.7 Å². The fraction of sp³-hybridized carbons (Fsp3) is 0.636. The molecule has 1 unspecified atom stereocenters. The lowest BCUT2D eigenvalue weighted by Gasteiger charge is -2.32. The Bertz CT molecular complexity index is 327. The summed E-state index contributed by atoms with van der Waals surface area (Å²) in [4.78, 5) is 11.0. The second kappa shape index (κ2) is 5.96. The van der Waals surface area contributed by atoms with Gasteiger partial charge in [0.2, 0.25) is 5.95 Å². The minimum Gasteiger partial charge on any atom is -0.341 e. The van der Waals surface area contributed by atoms with Crippen LogP contribution in [0.25, 0.3) is 0 Å². The maximum atomic E-state index is 4.35. The zero-order valence-electron chi connectivity index (χ0n) is 9.07. The van der Waals surface area contributed by atoms with Crippen molar-refractivity contribution in [2.75, 3.05) is 23.3 Å². The molecule has 0 spiro atoms. The van der Waals surface area contributed by atoms with Crippen LogP contribution in [-0.4, -0.2) is 28.4 Å². The van der Waals surface area contributed by atoms with Crippen LogP contribution >= 0.6 is 31.9 Å². The molecule has 0 bridgehead atoms. The lowest BCUT2D eigenvalue weighted by atomic mass is 9.96. The molecule has 1 saturated heterocycles. The van der Waals surface area contributed by atoms with E-state index in [1.165, 1.54) is 19.3 Å². The Labute approximate surface area is 113 Å². The van der Waals surface area contributed by atoms with Crippen LogP contribution < -0.4 is 4.90 Å². The number of anilines is 1. The van der Waals surface area contributed by atoms with Gasteiger partial charge < -0.3 is 4.90 Å². The molecule has 1 aliphatic heterocycles. The highest BCUT2D eigenvalue weighted by Crippen LogP contribution is 2.23. The van der Waals surface area contributed by atoms with Crippen LogP contribution in [0.3, 0.4) is 0 Å². The molecule has 0 radical (unpaired) electrons. The molecule has 88 valence electrons. The molecule has 0 aliphatic carbocycles. The van der Waals surface area contributed by atoms with Gasteiger partial charge in [-0.3, -0.25) is 0 Å². The molecular formula is C11H15Br2N3. The van der Waals surface area contributed by atoms with Crippen molar-refractivity contribution in [3.8, 4) is 0 Å². The third-order valence-electron chi connectivity index (χ3n) is 2.93. The van der Waals surface area contributed by atoms with Crippen LogP contribution in [0.4, 0.5) is 5.95 Å². The van der Waals surface area contributed by atoms with Crippen molar-refractivity contribution in [3.63, 3.8) is 0 Å². The van der Waals surface area contributed by atoms with Crippen molar-refractivity contribution in [2.45, 2.75) is 19.3 Å². The van der Waals surface area contributed by atoms with E-state index in [0.29, 0.717) is 0 Å². The Morgan fingerprint density at radius 2 is 2.12 bits per heavy atom. The third kappa shape index (κ3) is 3.17. The normalized spacial score (nSPS) is 21.1. The molecule has 5 heteroatoms. The van der Waals surface area contributed by atoms with Crippen molar-refractivity contribution in [1.82, 2.24) is 9.97 Å². The van der Waals surface area contributed by atoms with E-state index in [0.717, 1.165) is 34.8 Å². The molecule has 0 aromatic carbocycles. The Morgan fingerprint density at radius 1 is 1.38 bits per heavy atom. The molecule has 0 N–H and O–H groups in total. The van der Waals surface area contributed by atoms with E-state index in [1.54, 1.807) is 0 Å². The minimum atomic E-state index is 0.778. The van der Waals surface area contributed by atoms with Crippen LogP contribution in [0, 0.1) is 5.92 Å². The SMILES string of the molecule is BrCCC1CCCN(c2ncc(Br)cn2)C1. The van der Waals surface area contributed by atoms with Gasteiger partial charge in [0.1, 0.15) is 0 Å². The van der Waals surface area contributed by atoms with Gasteiger partial charge in [0.05, 0.1) is 4.47 Å². The Morgan fingerprint density at radius 3 is 2.81 bits per heavy atom. The summed E-state index contributed by atoms with van der Waals surface area (Å²) in [5.74, 6) is 1.64. The molecule has 16 heavy (non-hydrogen) atoms. The van der Waals surface area contributed by atoms with E-state index in [-0.39, 0.29) is 0 Å². The first-order valence-corrected chi connectivity index (χ1v) is 7.49. The largest absolute Gasteiger partial charge is 0.341 e. The Balaban J connectivity index is 2.01. The minimum absolute atomic E-state index is 0.778. The molecule has 2 heterocycles. The number of hydrogen-bond acceptors (Lipinski definition) is 3. The summed E-state index contributed by atoms with van der Waals surface area (Å²) in [5, 5.41) is 1.09. The van der Waals surface area contributed by atoms with Crippen molar-refractivity contribution in [2.24, 2.45) is 5.92 Å². The summed E-state index contributed by atoms with van der Waals surface area (Å²) in [6.07, 6.45) is 7.45. The van der Waals surface area contributed by atoms with E-state index < -0.39 is 0 Å². The average Bonchev–Trinajstić information content (AvgIpc) is 2.31. The third-order valence-corrected chi connectivity index (χ3v) is 3.79. The van der Waals surface area contributed by atoms with Gasteiger partial charge in [-0.15, -0.1) is 0 Å². The fourth-order valence-electron chi connectivity index (χ4n) is 2.11. The molecule has 1 atom stereocenters. The number of aromatic nitrogens is 2. The van der Waals surface area contributed by atoms with Crippen LogP contribution in [0.15, 0.2) is 16.9 Å². The predicted molar refractivity (Wildman–Crippen MR) is 73.1 cm³/mol. The summed E-state index contributed by atoms with van der Waals surface area (Å²) < 4.78 is 0.935. The zero-order valence-corrected chi connectivity index (χ0v) is 12.2. The number of halogens is 2. The second-order valence-electron chi connectivity index (χ2n) is 4.13. The zero-order chi connectivity index (χ0) is 11.4. The number of rotatable bonds is 3. The number of piperidine rings is 1. The lowest BCUT2D eigenvalue weighted by molar-refractivity contribution is 0.404. The molecule has 0 saturated carbocycles. The fourth-order valence-corrected chi connectivity index (χ4v) is 2.96. The molecule has 2 rings (SSSR count). The molecule has 1 aromatic rings. The van der Waals surface area contributed by atoms with Gasteiger partial charge in [-0.2, -0.15) is 0 Å². The van der Waals surface area contributed by atoms with Gasteiger partial charge in [0.25, 0.3) is 0 Å². The van der Waals surface area contributed by atoms with Gasteiger partial charge >= 0.3 is 0 Å². The number of alkyl halides is 1. The summed E-state index contributed by atoms with van der Waals surface area (Å²) in [5.41, 5.74) is 0. The van der Waals surface area contributed by atoms with Crippen molar-refractivity contribution in [3.05, 3.63) is 16.9 Å². The topological polar surface area (TPSA) is 29.0 Å². The van der Waals surface area contributed by atoms with Crippen molar-refractivity contribution < 1.29 is 0 Å². The van der Waals surface area contributed by atoms with Gasteiger partial charge in [-0.25, -0.2) is 9.97 Å². The monoisotopic (exact) mass is 347 g/mol. The smallest absolute Gasteiger partial charge is 0.225 e. The molecule has 0 amide bonds. The van der Waals surface area contributed by atoms with Gasteiger partial charge in [-0.1, -0.05) is 15.9 Å². The summed E-state index contributed by atoms with van der Waals surface area (Å²) >= 11 is 6.87. The predicted octanol–water partition coefficient (Wildman–Crippen LogP) is 3.24. The van der Waals surface area contributed by atoms with Crippen LogP contribution in [0.5, 0.6) is 0 Å². The van der Waals surface area contributed by atoms with Gasteiger partial charge in [0, 0.05) is 30.8 Å². The van der Waals surface area contributed by atoms with E-state index in [1.807, 2.05) is 12.4 Å². The molecular weight excluding hydrogens is 334 g/mol. The summed E-state index contributed by atoms with van der Waals surface area (Å²) in [6, 6.07) is 0. The number of hydrogen-bond donors (Lipinski definition) is 0. The van der Waals surface area contributed by atoms with Crippen LogP contribution in [0.1, 0.15) is 19.3 Å². The highest BCUT2D eigenvalue weighted by Gasteiger charge is 2.20. The highest BCUT2D eigenvalue weighted by molar-refractivity contribution is 9.10. The van der Waals surface area contributed by atoms with E-state index in [4.69, 9.17) is 0 Å². The first-order valence-electron chi connectivity index (χ1n) is 5.58. The average molecular weight is 349 g/mol. The Hall–Kier alpha value is -0.160. The van der Waals surface area contributed by atoms with Crippen molar-refractivity contribution in [1.29, 1.82) is 0 Å². The van der Waals surface area contributed by atoms with Crippen molar-refractivity contribution >= 4 is 37.8 Å². The standard InChI is InChI=1S/C11H15Br2N3/c12-4-3-9-2-1-5-16(8-9)11-14-6-10(13)7-15-11/h6-7,9H,1-5,8H2. The molecule has 3 nitrogen and oxygen atoms in total. The quantitative estimate of drug-likeness (QED) is 0.785.